The number of nitrogens with zero attached hydrogens (tertiary/aromatic N) is 1. The summed E-state index contributed by atoms with van der Waals surface area (Å²) in [5, 5.41) is 0.368. The van der Waals surface area contributed by atoms with Crippen LogP contribution in [-0.4, -0.2) is 31.4 Å². The average molecular weight is 582 g/mol. The van der Waals surface area contributed by atoms with Gasteiger partial charge in [-0.05, 0) is 60.4 Å². The standard InChI is InChI=1S/C32H36ClNO5S/c1-6-14-34-23-16-31(2,3)18-25(35)29(23)28(30-24(34)17-32(4,5)19-26(30)36)22-15-20(33)12-13-27(22)39-40(37,38)21-10-8-7-9-11-21/h7-13,15,28H,6,14,16-19H2,1-5H3. The number of benzene rings is 2. The number of Topliss-reactive ketones (excluding diaryl/α,β-unsaturated/α-hetero) is 2. The first-order valence-electron chi connectivity index (χ1n) is 13.8. The van der Waals surface area contributed by atoms with Crippen molar-refractivity contribution in [3.8, 4) is 5.75 Å². The number of halogens is 1. The van der Waals surface area contributed by atoms with Crippen molar-refractivity contribution in [3.63, 3.8) is 0 Å². The Hall–Kier alpha value is -2.90. The van der Waals surface area contributed by atoms with Crippen molar-refractivity contribution in [2.45, 2.75) is 77.5 Å². The van der Waals surface area contributed by atoms with E-state index in [0.717, 1.165) is 17.8 Å². The number of hydrogen-bond acceptors (Lipinski definition) is 6. The van der Waals surface area contributed by atoms with E-state index in [-0.39, 0.29) is 33.0 Å². The molecule has 5 rings (SSSR count). The number of carbonyl (C=O) groups is 2. The van der Waals surface area contributed by atoms with E-state index in [4.69, 9.17) is 15.8 Å². The monoisotopic (exact) mass is 581 g/mol. The first kappa shape index (κ1) is 28.6. The summed E-state index contributed by atoms with van der Waals surface area (Å²) in [6.07, 6.45) is 2.87. The van der Waals surface area contributed by atoms with Crippen LogP contribution in [0.1, 0.15) is 78.2 Å². The highest BCUT2D eigenvalue weighted by molar-refractivity contribution is 7.87. The maximum atomic E-state index is 14.0. The molecule has 0 aromatic heterocycles. The largest absolute Gasteiger partial charge is 0.379 e. The molecule has 0 atom stereocenters. The fourth-order valence-electron chi connectivity index (χ4n) is 6.43. The van der Waals surface area contributed by atoms with E-state index >= 15 is 0 Å². The number of ketones is 2. The summed E-state index contributed by atoms with van der Waals surface area (Å²) in [5.74, 6) is -0.752. The summed E-state index contributed by atoms with van der Waals surface area (Å²) in [6, 6.07) is 12.6. The normalized spacial score (nSPS) is 20.9. The zero-order chi connectivity index (χ0) is 29.0. The van der Waals surface area contributed by atoms with Gasteiger partial charge in [0.2, 0.25) is 0 Å². The molecule has 40 heavy (non-hydrogen) atoms. The van der Waals surface area contributed by atoms with Gasteiger partial charge in [0.05, 0.1) is 0 Å². The smallest absolute Gasteiger partial charge is 0.339 e. The predicted molar refractivity (Wildman–Crippen MR) is 156 cm³/mol. The number of hydrogen-bond donors (Lipinski definition) is 0. The number of allylic oxidation sites excluding steroid dienone is 4. The Morgan fingerprint density at radius 2 is 1.43 bits per heavy atom. The summed E-state index contributed by atoms with van der Waals surface area (Å²) in [7, 11) is -4.19. The molecule has 0 unspecified atom stereocenters. The van der Waals surface area contributed by atoms with Crippen LogP contribution in [0.5, 0.6) is 5.75 Å². The van der Waals surface area contributed by atoms with Crippen LogP contribution in [0, 0.1) is 10.8 Å². The first-order chi connectivity index (χ1) is 18.7. The summed E-state index contributed by atoms with van der Waals surface area (Å²) in [4.78, 5) is 30.2. The predicted octanol–water partition coefficient (Wildman–Crippen LogP) is 7.20. The van der Waals surface area contributed by atoms with Gasteiger partial charge in [0.15, 0.2) is 11.6 Å². The second-order valence-corrected chi connectivity index (χ2v) is 14.7. The molecule has 0 radical (unpaired) electrons. The van der Waals surface area contributed by atoms with Crippen molar-refractivity contribution >= 4 is 33.3 Å². The highest BCUT2D eigenvalue weighted by Crippen LogP contribution is 2.55. The third kappa shape index (κ3) is 5.26. The maximum Gasteiger partial charge on any atom is 0.339 e. The van der Waals surface area contributed by atoms with Crippen molar-refractivity contribution in [2.75, 3.05) is 6.54 Å². The van der Waals surface area contributed by atoms with Crippen LogP contribution < -0.4 is 4.18 Å². The summed E-state index contributed by atoms with van der Waals surface area (Å²) in [6.45, 7) is 11.2. The van der Waals surface area contributed by atoms with Crippen LogP contribution in [0.2, 0.25) is 5.02 Å². The zero-order valence-corrected chi connectivity index (χ0v) is 25.3. The Labute approximate surface area is 242 Å². The van der Waals surface area contributed by atoms with Crippen LogP contribution in [0.3, 0.4) is 0 Å². The highest BCUT2D eigenvalue weighted by atomic mass is 35.5. The number of carbonyl (C=O) groups excluding carboxylic acids is 2. The molecule has 0 spiro atoms. The van der Waals surface area contributed by atoms with Gasteiger partial charge in [0, 0.05) is 58.4 Å². The Bertz CT molecular complexity index is 1500. The van der Waals surface area contributed by atoms with Crippen molar-refractivity contribution in [1.82, 2.24) is 4.90 Å². The molecule has 6 nitrogen and oxygen atoms in total. The minimum absolute atomic E-state index is 0.0134. The van der Waals surface area contributed by atoms with E-state index in [1.165, 1.54) is 18.2 Å². The molecule has 0 N–H and O–H groups in total. The molecule has 2 aliphatic carbocycles. The highest BCUT2D eigenvalue weighted by Gasteiger charge is 2.49. The second kappa shape index (κ2) is 10.2. The van der Waals surface area contributed by atoms with Crippen molar-refractivity contribution in [1.29, 1.82) is 0 Å². The van der Waals surface area contributed by atoms with Crippen molar-refractivity contribution in [3.05, 3.63) is 81.7 Å². The molecule has 0 saturated carbocycles. The van der Waals surface area contributed by atoms with E-state index < -0.39 is 16.0 Å². The van der Waals surface area contributed by atoms with Gasteiger partial charge in [0.25, 0.3) is 0 Å². The Morgan fingerprint density at radius 3 is 1.95 bits per heavy atom. The molecule has 0 fully saturated rings. The molecular weight excluding hydrogens is 546 g/mol. The molecular formula is C32H36ClNO5S. The van der Waals surface area contributed by atoms with Gasteiger partial charge in [0.1, 0.15) is 10.6 Å². The molecule has 0 saturated heterocycles. The topological polar surface area (TPSA) is 80.8 Å². The van der Waals surface area contributed by atoms with Crippen LogP contribution in [0.15, 0.2) is 76.0 Å². The quantitative estimate of drug-likeness (QED) is 0.335. The van der Waals surface area contributed by atoms with Crippen LogP contribution in [-0.2, 0) is 19.7 Å². The van der Waals surface area contributed by atoms with Gasteiger partial charge in [-0.3, -0.25) is 9.59 Å². The lowest BCUT2D eigenvalue weighted by molar-refractivity contribution is -0.119. The molecule has 0 amide bonds. The molecule has 2 aromatic carbocycles. The van der Waals surface area contributed by atoms with Crippen LogP contribution in [0.25, 0.3) is 0 Å². The van der Waals surface area contributed by atoms with Crippen LogP contribution >= 0.6 is 11.6 Å². The average Bonchev–Trinajstić information content (AvgIpc) is 2.85. The van der Waals surface area contributed by atoms with Crippen molar-refractivity contribution in [2.24, 2.45) is 10.8 Å². The summed E-state index contributed by atoms with van der Waals surface area (Å²) >= 11 is 6.50. The summed E-state index contributed by atoms with van der Waals surface area (Å²) < 4.78 is 32.3. The van der Waals surface area contributed by atoms with Gasteiger partial charge >= 0.3 is 10.1 Å². The van der Waals surface area contributed by atoms with Crippen molar-refractivity contribution < 1.29 is 22.2 Å². The van der Waals surface area contributed by atoms with E-state index in [2.05, 4.69) is 39.5 Å². The Morgan fingerprint density at radius 1 is 0.875 bits per heavy atom. The second-order valence-electron chi connectivity index (χ2n) is 12.7. The maximum absolute atomic E-state index is 14.0. The van der Waals surface area contributed by atoms with Gasteiger partial charge in [-0.15, -0.1) is 0 Å². The van der Waals surface area contributed by atoms with E-state index in [0.29, 0.717) is 54.0 Å². The SMILES string of the molecule is CCCN1C2=C(C(=O)CC(C)(C)C2)C(c2cc(Cl)ccc2OS(=O)(=O)c2ccccc2)C2=C1CC(C)(C)CC2=O. The zero-order valence-electron chi connectivity index (χ0n) is 23.7. The van der Waals surface area contributed by atoms with Gasteiger partial charge in [-0.1, -0.05) is 64.4 Å². The number of rotatable bonds is 6. The third-order valence-electron chi connectivity index (χ3n) is 7.98. The molecule has 1 aliphatic heterocycles. The molecule has 1 heterocycles. The fraction of sp³-hybridized carbons (Fsp3) is 0.438. The lowest BCUT2D eigenvalue weighted by Gasteiger charge is -2.49. The lowest BCUT2D eigenvalue weighted by atomic mass is 9.63. The van der Waals surface area contributed by atoms with Gasteiger partial charge < -0.3 is 9.08 Å². The van der Waals surface area contributed by atoms with Gasteiger partial charge in [-0.2, -0.15) is 8.42 Å². The Balaban J connectivity index is 1.76. The molecule has 8 heteroatoms. The van der Waals surface area contributed by atoms with Crippen LogP contribution in [0.4, 0.5) is 0 Å². The minimum Gasteiger partial charge on any atom is -0.379 e. The molecule has 212 valence electrons. The fourth-order valence-corrected chi connectivity index (χ4v) is 7.58. The van der Waals surface area contributed by atoms with E-state index in [1.54, 1.807) is 30.3 Å². The lowest BCUT2D eigenvalue weighted by Crippen LogP contribution is -2.44. The summed E-state index contributed by atoms with van der Waals surface area (Å²) in [5.41, 5.74) is 2.90. The van der Waals surface area contributed by atoms with E-state index in [1.807, 2.05) is 0 Å². The first-order valence-corrected chi connectivity index (χ1v) is 15.6. The van der Waals surface area contributed by atoms with E-state index in [9.17, 15) is 18.0 Å². The Kier molecular flexibility index (Phi) is 7.28. The van der Waals surface area contributed by atoms with Gasteiger partial charge in [-0.25, -0.2) is 0 Å². The molecule has 3 aliphatic rings. The minimum atomic E-state index is -4.19. The molecule has 0 bridgehead atoms. The third-order valence-corrected chi connectivity index (χ3v) is 9.47. The molecule has 2 aromatic rings.